The first-order valence-electron chi connectivity index (χ1n) is 14.6. The van der Waals surface area contributed by atoms with E-state index in [-0.39, 0.29) is 40.6 Å². The molecule has 0 aromatic heterocycles. The summed E-state index contributed by atoms with van der Waals surface area (Å²) in [5.41, 5.74) is 1.13. The van der Waals surface area contributed by atoms with Gasteiger partial charge in [0.1, 0.15) is 23.2 Å². The summed E-state index contributed by atoms with van der Waals surface area (Å²) in [5.74, 6) is -8.90. The summed E-state index contributed by atoms with van der Waals surface area (Å²) >= 11 is 0. The number of halogens is 10. The molecule has 5 aromatic carbocycles. The molecule has 0 spiro atoms. The second kappa shape index (κ2) is 14.1. The van der Waals surface area contributed by atoms with Crippen LogP contribution in [0.1, 0.15) is 24.5 Å². The van der Waals surface area contributed by atoms with Gasteiger partial charge in [-0.1, -0.05) is 67.9 Å². The largest absolute Gasteiger partial charge is 0.459 e. The van der Waals surface area contributed by atoms with Crippen molar-refractivity contribution < 1.29 is 53.4 Å². The third-order valence-electron chi connectivity index (χ3n) is 7.33. The Bertz CT molecular complexity index is 1980. The predicted molar refractivity (Wildman–Crippen MR) is 163 cm³/mol. The summed E-state index contributed by atoms with van der Waals surface area (Å²) in [6, 6.07) is 18.4. The van der Waals surface area contributed by atoms with E-state index in [4.69, 9.17) is 0 Å². The van der Waals surface area contributed by atoms with Gasteiger partial charge in [-0.15, -0.1) is 0 Å². The van der Waals surface area contributed by atoms with Gasteiger partial charge in [-0.3, -0.25) is 0 Å². The van der Waals surface area contributed by atoms with E-state index in [1.807, 2.05) is 24.3 Å². The molecule has 5 aromatic rings. The highest BCUT2D eigenvalue weighted by molar-refractivity contribution is 5.74. The zero-order valence-corrected chi connectivity index (χ0v) is 25.3. The molecule has 0 fully saturated rings. The lowest BCUT2D eigenvalue weighted by Gasteiger charge is -2.20. The molecule has 0 saturated heterocycles. The molecule has 49 heavy (non-hydrogen) atoms. The van der Waals surface area contributed by atoms with Crippen molar-refractivity contribution in [2.75, 3.05) is 0 Å². The summed E-state index contributed by atoms with van der Waals surface area (Å²) in [5, 5.41) is 0. The maximum Gasteiger partial charge on any atom is 0.429 e. The molecule has 12 heteroatoms. The minimum Gasteiger partial charge on any atom is -0.459 e. The van der Waals surface area contributed by atoms with Crippen LogP contribution in [0.4, 0.5) is 43.9 Å². The zero-order valence-electron chi connectivity index (χ0n) is 25.3. The molecule has 0 saturated carbocycles. The minimum atomic E-state index is -4.85. The van der Waals surface area contributed by atoms with Gasteiger partial charge < -0.3 is 9.47 Å². The Kier molecular flexibility index (Phi) is 10.1. The molecule has 0 amide bonds. The first kappa shape index (κ1) is 35.1. The van der Waals surface area contributed by atoms with Crippen LogP contribution in [0.15, 0.2) is 103 Å². The average Bonchev–Trinajstić information content (AvgIpc) is 3.02. The lowest BCUT2D eigenvalue weighted by atomic mass is 9.96. The van der Waals surface area contributed by atoms with E-state index in [1.165, 1.54) is 24.3 Å². The molecule has 0 bridgehead atoms. The minimum absolute atomic E-state index is 0.0480. The van der Waals surface area contributed by atoms with E-state index >= 15 is 8.78 Å². The van der Waals surface area contributed by atoms with Gasteiger partial charge in [0.2, 0.25) is 0 Å². The highest BCUT2D eigenvalue weighted by atomic mass is 19.4. The molecule has 0 aliphatic heterocycles. The third kappa shape index (κ3) is 8.25. The molecule has 2 nitrogen and oxygen atoms in total. The fraction of sp³-hybridized carbons (Fsp3) is 0.135. The molecule has 0 atom stereocenters. The van der Waals surface area contributed by atoms with Crippen LogP contribution in [-0.2, 0) is 12.5 Å². The summed E-state index contributed by atoms with van der Waals surface area (Å²) in [4.78, 5) is 0. The van der Waals surface area contributed by atoms with E-state index in [9.17, 15) is 35.1 Å². The normalized spacial score (nSPS) is 12.1. The molecule has 5 rings (SSSR count). The average molecular weight is 691 g/mol. The molecular weight excluding hydrogens is 666 g/mol. The Morgan fingerprint density at radius 1 is 0.571 bits per heavy atom. The Labute approximate surface area is 273 Å². The fourth-order valence-electron chi connectivity index (χ4n) is 5.01. The van der Waals surface area contributed by atoms with Crippen molar-refractivity contribution in [1.82, 2.24) is 0 Å². The van der Waals surface area contributed by atoms with Crippen LogP contribution in [0.3, 0.4) is 0 Å². The van der Waals surface area contributed by atoms with Gasteiger partial charge in [0.15, 0.2) is 17.4 Å². The van der Waals surface area contributed by atoms with E-state index in [2.05, 4.69) is 16.4 Å². The van der Waals surface area contributed by atoms with Gasteiger partial charge in [-0.25, -0.2) is 22.0 Å². The van der Waals surface area contributed by atoms with Crippen LogP contribution in [0.2, 0.25) is 0 Å². The number of ether oxygens (including phenoxy) is 2. The van der Waals surface area contributed by atoms with Crippen molar-refractivity contribution in [3.63, 3.8) is 0 Å². The molecular formula is C37H24F10O2. The number of aryl methyl sites for hydroxylation is 1. The highest BCUT2D eigenvalue weighted by Crippen LogP contribution is 2.38. The van der Waals surface area contributed by atoms with Gasteiger partial charge in [0.05, 0.1) is 17.9 Å². The first-order chi connectivity index (χ1) is 23.1. The smallest absolute Gasteiger partial charge is 0.429 e. The van der Waals surface area contributed by atoms with Crippen LogP contribution >= 0.6 is 0 Å². The van der Waals surface area contributed by atoms with Gasteiger partial charge in [0, 0.05) is 23.3 Å². The van der Waals surface area contributed by atoms with Gasteiger partial charge in [0.25, 0.3) is 0 Å². The van der Waals surface area contributed by atoms with Crippen LogP contribution < -0.4 is 9.47 Å². The van der Waals surface area contributed by atoms with Crippen LogP contribution in [0.25, 0.3) is 33.4 Å². The summed E-state index contributed by atoms with van der Waals surface area (Å²) < 4.78 is 149. The van der Waals surface area contributed by atoms with Crippen molar-refractivity contribution >= 4 is 0 Å². The number of hydrogen-bond acceptors (Lipinski definition) is 2. The number of benzene rings is 5. The SMILES string of the molecule is CCCc1ccc(-c2ccc(-c3ccc(-c4ccc(C(F)(F)Oc5cc(F)c(O/C=C/C(F)(F)F)c(F)c5)c(F)c4)c(F)c3)c(F)c2)cc1. The van der Waals surface area contributed by atoms with Crippen LogP contribution in [-0.4, -0.2) is 6.18 Å². The lowest BCUT2D eigenvalue weighted by Crippen LogP contribution is -2.23. The molecule has 0 unspecified atom stereocenters. The van der Waals surface area contributed by atoms with E-state index < -0.39 is 64.5 Å². The third-order valence-corrected chi connectivity index (χ3v) is 7.33. The number of rotatable bonds is 10. The molecule has 0 N–H and O–H groups in total. The summed E-state index contributed by atoms with van der Waals surface area (Å²) in [6.07, 6.45) is -7.95. The Balaban J connectivity index is 1.33. The number of alkyl halides is 5. The second-order valence-corrected chi connectivity index (χ2v) is 10.8. The zero-order chi connectivity index (χ0) is 35.5. The molecule has 254 valence electrons. The van der Waals surface area contributed by atoms with Crippen molar-refractivity contribution in [2.45, 2.75) is 32.1 Å². The molecule has 0 radical (unpaired) electrons. The predicted octanol–water partition coefficient (Wildman–Crippen LogP) is 11.9. The first-order valence-corrected chi connectivity index (χ1v) is 14.6. The monoisotopic (exact) mass is 690 g/mol. The molecule has 0 heterocycles. The summed E-state index contributed by atoms with van der Waals surface area (Å²) in [6.45, 7) is 2.07. The highest BCUT2D eigenvalue weighted by Gasteiger charge is 2.38. The summed E-state index contributed by atoms with van der Waals surface area (Å²) in [7, 11) is 0. The maximum absolute atomic E-state index is 15.2. The van der Waals surface area contributed by atoms with Gasteiger partial charge in [-0.2, -0.15) is 22.0 Å². The van der Waals surface area contributed by atoms with Crippen molar-refractivity contribution in [1.29, 1.82) is 0 Å². The maximum atomic E-state index is 15.2. The standard InChI is InChI=1S/C37H24F10O2/c1-2-3-21-4-6-22(7-5-21)23-8-11-27(30(38)16-23)24-9-12-28(31(39)17-24)25-10-13-29(32(40)18-25)37(46,47)49-26-19-33(41)35(34(42)20-26)48-15-14-36(43,44)45/h4-20H,2-3H2,1H3/b15-14+. The van der Waals surface area contributed by atoms with E-state index in [1.54, 1.807) is 6.07 Å². The topological polar surface area (TPSA) is 18.5 Å². The Hall–Kier alpha value is -5.26. The van der Waals surface area contributed by atoms with E-state index in [0.29, 0.717) is 17.7 Å². The van der Waals surface area contributed by atoms with Crippen LogP contribution in [0, 0.1) is 29.1 Å². The molecule has 0 aliphatic carbocycles. The van der Waals surface area contributed by atoms with E-state index in [0.717, 1.165) is 36.1 Å². The quantitative estimate of drug-likeness (QED) is 0.107. The van der Waals surface area contributed by atoms with Gasteiger partial charge >= 0.3 is 12.3 Å². The number of allylic oxidation sites excluding steroid dienone is 1. The van der Waals surface area contributed by atoms with Crippen molar-refractivity contribution in [3.8, 4) is 44.9 Å². The van der Waals surface area contributed by atoms with Gasteiger partial charge in [-0.05, 0) is 58.5 Å². The van der Waals surface area contributed by atoms with Crippen LogP contribution in [0.5, 0.6) is 11.5 Å². The Morgan fingerprint density at radius 2 is 1.08 bits per heavy atom. The lowest BCUT2D eigenvalue weighted by molar-refractivity contribution is -0.187. The Morgan fingerprint density at radius 3 is 1.61 bits per heavy atom. The fourth-order valence-corrected chi connectivity index (χ4v) is 5.01. The van der Waals surface area contributed by atoms with Crippen molar-refractivity contribution in [2.24, 2.45) is 0 Å². The second-order valence-electron chi connectivity index (χ2n) is 10.8. The number of hydrogen-bond donors (Lipinski definition) is 0. The van der Waals surface area contributed by atoms with Crippen molar-refractivity contribution in [3.05, 3.63) is 144 Å². The molecule has 0 aliphatic rings.